The van der Waals surface area contributed by atoms with Crippen molar-refractivity contribution in [1.82, 2.24) is 10.6 Å². The number of hydrogen-bond donors (Lipinski definition) is 4. The molecule has 1 rings (SSSR count). The standard InChI is InChI=1S/C13H16N2O3S2/c16-10-3-1-9(2-4-10)13(20)15-7-5-11(19)14-8-6-12(17)18/h1-4,16H,5-8H2,(H,14,19)(H,15,20)(H,17,18). The molecule has 0 unspecified atom stereocenters. The second-order valence-corrected chi connectivity index (χ2v) is 4.95. The van der Waals surface area contributed by atoms with Crippen molar-refractivity contribution < 1.29 is 15.0 Å². The van der Waals surface area contributed by atoms with Crippen LogP contribution in [0.4, 0.5) is 0 Å². The van der Waals surface area contributed by atoms with E-state index in [-0.39, 0.29) is 12.2 Å². The molecule has 0 atom stereocenters. The largest absolute Gasteiger partial charge is 0.508 e. The van der Waals surface area contributed by atoms with Gasteiger partial charge in [0.2, 0.25) is 0 Å². The van der Waals surface area contributed by atoms with Gasteiger partial charge >= 0.3 is 5.97 Å². The molecule has 0 heterocycles. The number of thiocarbonyl (C=S) groups is 2. The van der Waals surface area contributed by atoms with Crippen molar-refractivity contribution >= 4 is 40.4 Å². The highest BCUT2D eigenvalue weighted by Crippen LogP contribution is 2.09. The zero-order valence-corrected chi connectivity index (χ0v) is 12.4. The SMILES string of the molecule is O=C(O)CCNC(=S)CCNC(=S)c1ccc(O)cc1. The van der Waals surface area contributed by atoms with Crippen molar-refractivity contribution in [1.29, 1.82) is 0 Å². The van der Waals surface area contributed by atoms with Gasteiger partial charge in [-0.15, -0.1) is 0 Å². The van der Waals surface area contributed by atoms with Crippen LogP contribution in [0.25, 0.3) is 0 Å². The third-order valence-corrected chi connectivity index (χ3v) is 3.16. The Hall–Kier alpha value is -1.73. The highest BCUT2D eigenvalue weighted by molar-refractivity contribution is 7.80. The van der Waals surface area contributed by atoms with Crippen LogP contribution in [0.3, 0.4) is 0 Å². The van der Waals surface area contributed by atoms with Crippen molar-refractivity contribution in [3.05, 3.63) is 29.8 Å². The maximum Gasteiger partial charge on any atom is 0.305 e. The lowest BCUT2D eigenvalue weighted by Crippen LogP contribution is -2.30. The van der Waals surface area contributed by atoms with Gasteiger partial charge < -0.3 is 20.8 Å². The van der Waals surface area contributed by atoms with E-state index in [0.717, 1.165) is 5.56 Å². The summed E-state index contributed by atoms with van der Waals surface area (Å²) in [4.78, 5) is 11.5. The number of carboxylic acids is 1. The molecule has 0 spiro atoms. The van der Waals surface area contributed by atoms with Gasteiger partial charge in [-0.2, -0.15) is 0 Å². The lowest BCUT2D eigenvalue weighted by Gasteiger charge is -2.10. The summed E-state index contributed by atoms with van der Waals surface area (Å²) in [6.07, 6.45) is 0.618. The topological polar surface area (TPSA) is 81.6 Å². The Morgan fingerprint density at radius 2 is 1.65 bits per heavy atom. The van der Waals surface area contributed by atoms with E-state index in [4.69, 9.17) is 29.5 Å². The number of carboxylic acid groups (broad SMARTS) is 1. The van der Waals surface area contributed by atoms with Gasteiger partial charge in [0, 0.05) is 25.1 Å². The Kier molecular flexibility index (Phi) is 6.89. The number of phenols is 1. The van der Waals surface area contributed by atoms with Crippen molar-refractivity contribution in [2.75, 3.05) is 13.1 Å². The molecule has 20 heavy (non-hydrogen) atoms. The van der Waals surface area contributed by atoms with Gasteiger partial charge in [-0.25, -0.2) is 0 Å². The highest BCUT2D eigenvalue weighted by Gasteiger charge is 2.02. The number of aliphatic carboxylic acids is 1. The van der Waals surface area contributed by atoms with Crippen molar-refractivity contribution in [3.63, 3.8) is 0 Å². The van der Waals surface area contributed by atoms with Crippen molar-refractivity contribution in [2.24, 2.45) is 0 Å². The zero-order chi connectivity index (χ0) is 15.0. The highest BCUT2D eigenvalue weighted by atomic mass is 32.1. The number of benzene rings is 1. The van der Waals surface area contributed by atoms with Crippen LogP contribution in [0.15, 0.2) is 24.3 Å². The van der Waals surface area contributed by atoms with Crippen LogP contribution in [0.5, 0.6) is 5.75 Å². The first-order chi connectivity index (χ1) is 9.49. The molecule has 0 aliphatic carbocycles. The Morgan fingerprint density at radius 3 is 2.25 bits per heavy atom. The van der Waals surface area contributed by atoms with Gasteiger partial charge in [0.25, 0.3) is 0 Å². The summed E-state index contributed by atoms with van der Waals surface area (Å²) in [6.45, 7) is 0.898. The zero-order valence-electron chi connectivity index (χ0n) is 10.8. The minimum absolute atomic E-state index is 0.0412. The molecule has 0 radical (unpaired) electrons. The fraction of sp³-hybridized carbons (Fsp3) is 0.308. The second-order valence-electron chi connectivity index (χ2n) is 4.05. The summed E-state index contributed by atoms with van der Waals surface area (Å²) in [5.74, 6) is -0.660. The summed E-state index contributed by atoms with van der Waals surface area (Å²) in [5.41, 5.74) is 0.822. The van der Waals surface area contributed by atoms with Crippen LogP contribution in [0, 0.1) is 0 Å². The van der Waals surface area contributed by atoms with E-state index in [0.29, 0.717) is 29.5 Å². The van der Waals surface area contributed by atoms with E-state index >= 15 is 0 Å². The Labute approximate surface area is 128 Å². The van der Waals surface area contributed by atoms with Crippen LogP contribution in [0.1, 0.15) is 18.4 Å². The smallest absolute Gasteiger partial charge is 0.305 e. The molecule has 0 fully saturated rings. The lowest BCUT2D eigenvalue weighted by atomic mass is 10.2. The molecule has 108 valence electrons. The maximum atomic E-state index is 10.3. The number of hydrogen-bond acceptors (Lipinski definition) is 4. The molecular weight excluding hydrogens is 296 g/mol. The molecule has 1 aromatic rings. The van der Waals surface area contributed by atoms with E-state index in [1.54, 1.807) is 24.3 Å². The van der Waals surface area contributed by atoms with Crippen LogP contribution in [-0.2, 0) is 4.79 Å². The summed E-state index contributed by atoms with van der Waals surface area (Å²) >= 11 is 10.3. The van der Waals surface area contributed by atoms with Crippen LogP contribution >= 0.6 is 24.4 Å². The average molecular weight is 312 g/mol. The minimum Gasteiger partial charge on any atom is -0.508 e. The Bertz CT molecular complexity index is 489. The maximum absolute atomic E-state index is 10.3. The molecular formula is C13H16N2O3S2. The van der Waals surface area contributed by atoms with E-state index in [1.165, 1.54) is 0 Å². The quantitative estimate of drug-likeness (QED) is 0.567. The second kappa shape index (κ2) is 8.44. The molecule has 0 bridgehead atoms. The summed E-state index contributed by atoms with van der Waals surface area (Å²) in [5, 5.41) is 23.6. The molecule has 0 saturated carbocycles. The first kappa shape index (κ1) is 16.3. The fourth-order valence-corrected chi connectivity index (χ4v) is 1.84. The molecule has 1 aromatic carbocycles. The van der Waals surface area contributed by atoms with E-state index in [1.807, 2.05) is 0 Å². The third-order valence-electron chi connectivity index (χ3n) is 2.43. The van der Waals surface area contributed by atoms with E-state index < -0.39 is 5.97 Å². The van der Waals surface area contributed by atoms with Gasteiger partial charge in [-0.1, -0.05) is 24.4 Å². The predicted molar refractivity (Wildman–Crippen MR) is 85.3 cm³/mol. The Morgan fingerprint density at radius 1 is 1.05 bits per heavy atom. The van der Waals surface area contributed by atoms with Crippen molar-refractivity contribution in [2.45, 2.75) is 12.8 Å². The van der Waals surface area contributed by atoms with Gasteiger partial charge in [-0.05, 0) is 24.3 Å². The monoisotopic (exact) mass is 312 g/mol. The van der Waals surface area contributed by atoms with Gasteiger partial charge in [0.15, 0.2) is 0 Å². The van der Waals surface area contributed by atoms with Crippen LogP contribution in [0.2, 0.25) is 0 Å². The van der Waals surface area contributed by atoms with Crippen LogP contribution in [-0.4, -0.2) is 39.2 Å². The van der Waals surface area contributed by atoms with E-state index in [9.17, 15) is 9.90 Å². The molecule has 5 nitrogen and oxygen atoms in total. The van der Waals surface area contributed by atoms with Gasteiger partial charge in [0.1, 0.15) is 10.7 Å². The minimum atomic E-state index is -0.855. The average Bonchev–Trinajstić information content (AvgIpc) is 2.39. The number of aromatic hydroxyl groups is 1. The number of phenolic OH excluding ortho intramolecular Hbond substituents is 1. The van der Waals surface area contributed by atoms with E-state index in [2.05, 4.69) is 10.6 Å². The van der Waals surface area contributed by atoms with Crippen LogP contribution < -0.4 is 10.6 Å². The molecule has 0 aromatic heterocycles. The van der Waals surface area contributed by atoms with Gasteiger partial charge in [0.05, 0.1) is 11.4 Å². The summed E-state index contributed by atoms with van der Waals surface area (Å²) in [7, 11) is 0. The molecule has 0 aliphatic heterocycles. The van der Waals surface area contributed by atoms with Gasteiger partial charge in [-0.3, -0.25) is 4.79 Å². The molecule has 0 amide bonds. The molecule has 0 saturated heterocycles. The normalized spacial score (nSPS) is 9.80. The first-order valence-electron chi connectivity index (χ1n) is 6.05. The van der Waals surface area contributed by atoms with Crippen molar-refractivity contribution in [3.8, 4) is 5.75 Å². The molecule has 7 heteroatoms. The predicted octanol–water partition coefficient (Wildman–Crippen LogP) is 1.44. The fourth-order valence-electron chi connectivity index (χ4n) is 1.40. The molecule has 4 N–H and O–H groups in total. The number of nitrogens with one attached hydrogen (secondary N) is 2. The number of carbonyl (C=O) groups is 1. The summed E-state index contributed by atoms with van der Waals surface area (Å²) < 4.78 is 0. The summed E-state index contributed by atoms with van der Waals surface area (Å²) in [6, 6.07) is 6.60. The first-order valence-corrected chi connectivity index (χ1v) is 6.86. The third kappa shape index (κ3) is 6.44. The number of rotatable bonds is 7. The Balaban J connectivity index is 2.23. The lowest BCUT2D eigenvalue weighted by molar-refractivity contribution is -0.136. The molecule has 0 aliphatic rings.